The van der Waals surface area contributed by atoms with Gasteiger partial charge in [0.1, 0.15) is 34.6 Å². The maximum atomic E-state index is 14.2. The van der Waals surface area contributed by atoms with Crippen molar-refractivity contribution in [1.82, 2.24) is 20.3 Å². The smallest absolute Gasteiger partial charge is 0.408 e. The number of hydrogen-bond acceptors (Lipinski definition) is 8. The first-order valence-electron chi connectivity index (χ1n) is 14.4. The maximum Gasteiger partial charge on any atom is 0.408 e. The molecule has 0 aromatic heterocycles. The van der Waals surface area contributed by atoms with Crippen molar-refractivity contribution in [2.45, 2.75) is 105 Å². The van der Waals surface area contributed by atoms with Gasteiger partial charge in [0.15, 0.2) is 0 Å². The standard InChI is InChI=1S/C29H40FIN4O8S/c1-26(2,3)21(32-25(39)43-27(4,5)6)23(37)35-15-28(40,16-7-9-17(30)10-8-16)13-19(35)22(36)33-29(14-20(29)31)24(38)34-44(41,42)18-11-12-18/h7-10,18-21,40H,11-15H2,1-6H3,(H,32,39)(H,33,36)(H,34,38)/t19-,20+,21+,28-,29+/m0/s1. The first kappa shape index (κ1) is 34.3. The van der Waals surface area contributed by atoms with Crippen molar-refractivity contribution >= 4 is 56.4 Å². The van der Waals surface area contributed by atoms with Gasteiger partial charge in [-0.2, -0.15) is 0 Å². The Kier molecular flexibility index (Phi) is 9.12. The monoisotopic (exact) mass is 750 g/mol. The van der Waals surface area contributed by atoms with E-state index in [1.165, 1.54) is 12.1 Å². The molecule has 5 atom stereocenters. The number of halogens is 2. The molecule has 2 saturated carbocycles. The lowest BCUT2D eigenvalue weighted by molar-refractivity contribution is -0.143. The Morgan fingerprint density at radius 1 is 1.07 bits per heavy atom. The molecule has 0 spiro atoms. The van der Waals surface area contributed by atoms with Crippen LogP contribution >= 0.6 is 22.6 Å². The third kappa shape index (κ3) is 7.46. The zero-order valence-electron chi connectivity index (χ0n) is 25.6. The summed E-state index contributed by atoms with van der Waals surface area (Å²) in [5.41, 5.74) is -4.76. The summed E-state index contributed by atoms with van der Waals surface area (Å²) < 4.78 is 45.7. The van der Waals surface area contributed by atoms with Gasteiger partial charge in [-0.05, 0) is 63.1 Å². The van der Waals surface area contributed by atoms with Crippen molar-refractivity contribution in [2.75, 3.05) is 6.54 Å². The first-order chi connectivity index (χ1) is 20.1. The van der Waals surface area contributed by atoms with Crippen LogP contribution in [0.15, 0.2) is 24.3 Å². The van der Waals surface area contributed by atoms with Crippen LogP contribution in [-0.4, -0.2) is 81.2 Å². The number of ether oxygens (including phenoxy) is 1. The number of nitrogens with zero attached hydrogens (tertiary/aromatic N) is 1. The highest BCUT2D eigenvalue weighted by Gasteiger charge is 2.63. The van der Waals surface area contributed by atoms with Crippen LogP contribution in [0.5, 0.6) is 0 Å². The Morgan fingerprint density at radius 2 is 1.64 bits per heavy atom. The third-order valence-corrected chi connectivity index (χ3v) is 11.2. The van der Waals surface area contributed by atoms with Crippen LogP contribution in [0.25, 0.3) is 0 Å². The number of sulfonamides is 1. The molecule has 2 aliphatic carbocycles. The van der Waals surface area contributed by atoms with Crippen molar-refractivity contribution < 1.29 is 41.8 Å². The minimum Gasteiger partial charge on any atom is -0.444 e. The molecule has 0 bridgehead atoms. The number of carbonyl (C=O) groups excluding carboxylic acids is 4. The van der Waals surface area contributed by atoms with E-state index in [9.17, 15) is 37.1 Å². The van der Waals surface area contributed by atoms with Crippen LogP contribution in [-0.2, 0) is 34.7 Å². The number of rotatable bonds is 8. The van der Waals surface area contributed by atoms with Crippen molar-refractivity contribution in [2.24, 2.45) is 5.41 Å². The van der Waals surface area contributed by atoms with E-state index in [0.717, 1.165) is 17.0 Å². The highest BCUT2D eigenvalue weighted by molar-refractivity contribution is 14.1. The molecule has 1 aliphatic heterocycles. The molecular formula is C29H40FIN4O8S. The molecular weight excluding hydrogens is 710 g/mol. The minimum absolute atomic E-state index is 0.166. The van der Waals surface area contributed by atoms with E-state index in [1.54, 1.807) is 41.5 Å². The van der Waals surface area contributed by atoms with Gasteiger partial charge in [-0.25, -0.2) is 17.6 Å². The van der Waals surface area contributed by atoms with Gasteiger partial charge in [-0.1, -0.05) is 55.5 Å². The summed E-state index contributed by atoms with van der Waals surface area (Å²) in [6.45, 7) is 9.79. The van der Waals surface area contributed by atoms with Crippen LogP contribution in [0.2, 0.25) is 0 Å². The van der Waals surface area contributed by atoms with Gasteiger partial charge in [-0.3, -0.25) is 19.1 Å². The summed E-state index contributed by atoms with van der Waals surface area (Å²) in [6, 6.07) is 2.51. The number of carbonyl (C=O) groups is 4. The Balaban J connectivity index is 1.64. The van der Waals surface area contributed by atoms with E-state index >= 15 is 0 Å². The highest BCUT2D eigenvalue weighted by Crippen LogP contribution is 2.45. The van der Waals surface area contributed by atoms with Gasteiger partial charge in [0.05, 0.1) is 11.8 Å². The highest BCUT2D eigenvalue weighted by atomic mass is 127. The molecule has 4 rings (SSSR count). The predicted octanol–water partition coefficient (Wildman–Crippen LogP) is 2.22. The number of β-amino-alcohol motifs (C(OH)–C–C–N with tert-alkyl or cyclic N) is 1. The molecule has 12 nitrogen and oxygen atoms in total. The van der Waals surface area contributed by atoms with Gasteiger partial charge >= 0.3 is 6.09 Å². The second-order valence-electron chi connectivity index (χ2n) is 14.0. The summed E-state index contributed by atoms with van der Waals surface area (Å²) in [6.07, 6.45) is -0.0906. The Bertz CT molecular complexity index is 1440. The summed E-state index contributed by atoms with van der Waals surface area (Å²) in [5, 5.41) is 16.4. The summed E-state index contributed by atoms with van der Waals surface area (Å²) in [4.78, 5) is 55.1. The number of alkyl halides is 1. The molecule has 0 radical (unpaired) electrons. The third-order valence-electron chi connectivity index (χ3n) is 7.91. The van der Waals surface area contributed by atoms with E-state index < -0.39 is 83.1 Å². The lowest BCUT2D eigenvalue weighted by Gasteiger charge is -2.36. The Labute approximate surface area is 270 Å². The molecule has 3 aliphatic rings. The van der Waals surface area contributed by atoms with E-state index in [0.29, 0.717) is 12.8 Å². The molecule has 1 saturated heterocycles. The number of amides is 4. The molecule has 1 aromatic rings. The van der Waals surface area contributed by atoms with Gasteiger partial charge in [0.2, 0.25) is 21.8 Å². The van der Waals surface area contributed by atoms with Crippen LogP contribution in [0.1, 0.15) is 72.8 Å². The molecule has 4 amide bonds. The van der Waals surface area contributed by atoms with E-state index in [1.807, 2.05) is 22.6 Å². The number of benzene rings is 1. The average molecular weight is 751 g/mol. The first-order valence-corrected chi connectivity index (χ1v) is 17.2. The number of nitrogens with one attached hydrogen (secondary N) is 3. The molecule has 1 aromatic carbocycles. The van der Waals surface area contributed by atoms with E-state index in [2.05, 4.69) is 15.4 Å². The molecule has 0 unspecified atom stereocenters. The molecule has 1 heterocycles. The van der Waals surface area contributed by atoms with E-state index in [4.69, 9.17) is 4.74 Å². The molecule has 4 N–H and O–H groups in total. The van der Waals surface area contributed by atoms with Crippen LogP contribution in [0.4, 0.5) is 9.18 Å². The zero-order valence-corrected chi connectivity index (χ0v) is 28.5. The number of aliphatic hydroxyl groups is 1. The SMILES string of the molecule is CC(C)(C)OC(=O)N[C@H](C(=O)N1C[C@](O)(c2ccc(F)cc2)C[C@H]1C(=O)N[C@]1(C(=O)NS(=O)(=O)C2CC2)C[C@H]1I)C(C)(C)C. The van der Waals surface area contributed by atoms with Gasteiger partial charge in [0, 0.05) is 10.3 Å². The second kappa shape index (κ2) is 11.7. The largest absolute Gasteiger partial charge is 0.444 e. The lowest BCUT2D eigenvalue weighted by atomic mass is 9.85. The summed E-state index contributed by atoms with van der Waals surface area (Å²) in [7, 11) is -3.88. The van der Waals surface area contributed by atoms with Crippen molar-refractivity contribution in [3.05, 3.63) is 35.6 Å². The molecule has 44 heavy (non-hydrogen) atoms. The maximum absolute atomic E-state index is 14.2. The van der Waals surface area contributed by atoms with Gasteiger partial charge in [-0.15, -0.1) is 0 Å². The molecule has 3 fully saturated rings. The number of likely N-dealkylation sites (tertiary alicyclic amines) is 1. The quantitative estimate of drug-likeness (QED) is 0.232. The zero-order chi connectivity index (χ0) is 33.0. The summed E-state index contributed by atoms with van der Waals surface area (Å²) >= 11 is 1.95. The van der Waals surface area contributed by atoms with Crippen molar-refractivity contribution in [1.29, 1.82) is 0 Å². The second-order valence-corrected chi connectivity index (χ2v) is 17.4. The Hall–Kier alpha value is -2.53. The van der Waals surface area contributed by atoms with Gasteiger partial charge < -0.3 is 25.4 Å². The fraction of sp³-hybridized carbons (Fsp3) is 0.655. The van der Waals surface area contributed by atoms with Crippen LogP contribution < -0.4 is 15.4 Å². The minimum atomic E-state index is -3.88. The van der Waals surface area contributed by atoms with Crippen LogP contribution in [0, 0.1) is 11.2 Å². The molecule has 244 valence electrons. The van der Waals surface area contributed by atoms with E-state index in [-0.39, 0.29) is 24.9 Å². The Morgan fingerprint density at radius 3 is 2.11 bits per heavy atom. The van der Waals surface area contributed by atoms with Crippen molar-refractivity contribution in [3.8, 4) is 0 Å². The van der Waals surface area contributed by atoms with Crippen molar-refractivity contribution in [3.63, 3.8) is 0 Å². The lowest BCUT2D eigenvalue weighted by Crippen LogP contribution is -2.60. The van der Waals surface area contributed by atoms with Gasteiger partial charge in [0.25, 0.3) is 5.91 Å². The fourth-order valence-corrected chi connectivity index (χ4v) is 7.69. The average Bonchev–Trinajstić information content (AvgIpc) is 3.79. The summed E-state index contributed by atoms with van der Waals surface area (Å²) in [5.74, 6) is -2.86. The van der Waals surface area contributed by atoms with Crippen LogP contribution in [0.3, 0.4) is 0 Å². The normalized spacial score (nSPS) is 27.7. The topological polar surface area (TPSA) is 171 Å². The number of alkyl carbamates (subject to hydrolysis) is 1. The molecule has 15 heteroatoms. The predicted molar refractivity (Wildman–Crippen MR) is 166 cm³/mol. The number of hydrogen-bond donors (Lipinski definition) is 4. The fourth-order valence-electron chi connectivity index (χ4n) is 5.19.